The molecule has 0 aromatic heterocycles. The molecule has 0 amide bonds. The quantitative estimate of drug-likeness (QED) is 0.485. The molecular formula is C25H38O6. The highest BCUT2D eigenvalue weighted by molar-refractivity contribution is 5.72. The number of rotatable bonds is 4. The zero-order chi connectivity index (χ0) is 22.4. The summed E-state index contributed by atoms with van der Waals surface area (Å²) in [6, 6.07) is 0. The molecule has 4 fully saturated rings. The maximum absolute atomic E-state index is 12.8. The highest BCUT2D eigenvalue weighted by Crippen LogP contribution is 2.64. The molecule has 8 atom stereocenters. The maximum atomic E-state index is 12.8. The van der Waals surface area contributed by atoms with Crippen LogP contribution in [0.5, 0.6) is 0 Å². The fourth-order valence-corrected chi connectivity index (χ4v) is 7.78. The number of carbonyl (C=O) groups excluding carboxylic acids is 3. The number of hydrogen-bond acceptors (Lipinski definition) is 6. The second-order valence-electron chi connectivity index (χ2n) is 11.1. The van der Waals surface area contributed by atoms with Crippen molar-refractivity contribution in [3.8, 4) is 0 Å². The smallest absolute Gasteiger partial charge is 0.306 e. The van der Waals surface area contributed by atoms with Crippen LogP contribution in [0, 0.1) is 40.4 Å². The van der Waals surface area contributed by atoms with Crippen LogP contribution in [0.25, 0.3) is 0 Å². The Labute approximate surface area is 185 Å². The molecule has 0 radical (unpaired) electrons. The van der Waals surface area contributed by atoms with E-state index >= 15 is 0 Å². The van der Waals surface area contributed by atoms with E-state index < -0.39 is 0 Å². The predicted molar refractivity (Wildman–Crippen MR) is 114 cm³/mol. The maximum Gasteiger partial charge on any atom is 0.306 e. The third-order valence-corrected chi connectivity index (χ3v) is 9.76. The van der Waals surface area contributed by atoms with Crippen molar-refractivity contribution in [1.29, 1.82) is 0 Å². The van der Waals surface area contributed by atoms with Crippen LogP contribution in [0.15, 0.2) is 0 Å². The van der Waals surface area contributed by atoms with Gasteiger partial charge in [-0.1, -0.05) is 20.8 Å². The summed E-state index contributed by atoms with van der Waals surface area (Å²) in [5, 5.41) is 0. The molecule has 4 aliphatic rings. The van der Waals surface area contributed by atoms with Crippen LogP contribution in [-0.2, 0) is 28.6 Å². The molecule has 0 bridgehead atoms. The first-order chi connectivity index (χ1) is 14.7. The van der Waals surface area contributed by atoms with Crippen LogP contribution in [0.2, 0.25) is 0 Å². The van der Waals surface area contributed by atoms with E-state index in [1.165, 1.54) is 7.11 Å². The molecule has 0 aromatic carbocycles. The number of carbonyl (C=O) groups is 3. The average Bonchev–Trinajstić information content (AvgIpc) is 2.97. The lowest BCUT2D eigenvalue weighted by Gasteiger charge is -2.53. The average molecular weight is 435 g/mol. The zero-order valence-electron chi connectivity index (χ0n) is 19.5. The van der Waals surface area contributed by atoms with Gasteiger partial charge in [0.15, 0.2) is 0 Å². The minimum atomic E-state index is -0.142. The molecule has 2 saturated heterocycles. The van der Waals surface area contributed by atoms with Gasteiger partial charge in [-0.05, 0) is 61.2 Å². The van der Waals surface area contributed by atoms with Gasteiger partial charge in [0.25, 0.3) is 0 Å². The number of hydrogen-bond donors (Lipinski definition) is 0. The minimum absolute atomic E-state index is 0.0435. The van der Waals surface area contributed by atoms with Crippen LogP contribution < -0.4 is 0 Å². The van der Waals surface area contributed by atoms with Gasteiger partial charge >= 0.3 is 17.9 Å². The normalized spacial score (nSPS) is 43.3. The van der Waals surface area contributed by atoms with E-state index in [1.54, 1.807) is 0 Å². The topological polar surface area (TPSA) is 78.9 Å². The Morgan fingerprint density at radius 3 is 2.58 bits per heavy atom. The van der Waals surface area contributed by atoms with Crippen LogP contribution in [0.3, 0.4) is 0 Å². The highest BCUT2D eigenvalue weighted by Gasteiger charge is 2.61. The number of esters is 3. The number of methoxy groups -OCH3 is 1. The SMILES string of the molecule is COC(=O)CC[C@@H](C)[C@H]1CC[C@H]2[C@@H]3OC(=O)C[C@@H]4COC(=O)CC[C@]4(C)[C@H]3CC[C@]12C. The largest absolute Gasteiger partial charge is 0.469 e. The predicted octanol–water partition coefficient (Wildman–Crippen LogP) is 4.29. The second-order valence-corrected chi connectivity index (χ2v) is 11.1. The molecule has 4 rings (SSSR count). The van der Waals surface area contributed by atoms with Crippen molar-refractivity contribution in [2.24, 2.45) is 40.4 Å². The van der Waals surface area contributed by atoms with Gasteiger partial charge in [0.2, 0.25) is 0 Å². The number of ether oxygens (including phenoxy) is 3. The first kappa shape index (κ1) is 22.6. The van der Waals surface area contributed by atoms with Crippen molar-refractivity contribution in [1.82, 2.24) is 0 Å². The van der Waals surface area contributed by atoms with Crippen LogP contribution in [0.1, 0.15) is 78.6 Å². The summed E-state index contributed by atoms with van der Waals surface area (Å²) >= 11 is 0. The Bertz CT molecular complexity index is 734. The van der Waals surface area contributed by atoms with Gasteiger partial charge in [-0.2, -0.15) is 0 Å². The van der Waals surface area contributed by atoms with Crippen molar-refractivity contribution in [3.05, 3.63) is 0 Å². The summed E-state index contributed by atoms with van der Waals surface area (Å²) in [6.07, 6.45) is 7.09. The molecule has 0 unspecified atom stereocenters. The summed E-state index contributed by atoms with van der Waals surface area (Å²) in [7, 11) is 1.45. The van der Waals surface area contributed by atoms with Gasteiger partial charge in [-0.25, -0.2) is 0 Å². The summed E-state index contributed by atoms with van der Waals surface area (Å²) in [5.74, 6) is 1.20. The van der Waals surface area contributed by atoms with Gasteiger partial charge in [0, 0.05) is 30.6 Å². The first-order valence-electron chi connectivity index (χ1n) is 12.1. The Kier molecular flexibility index (Phi) is 6.12. The molecular weight excluding hydrogens is 396 g/mol. The molecule has 2 saturated carbocycles. The third-order valence-electron chi connectivity index (χ3n) is 9.76. The molecule has 6 heteroatoms. The lowest BCUT2D eigenvalue weighted by Crippen LogP contribution is -2.52. The summed E-state index contributed by atoms with van der Waals surface area (Å²) in [4.78, 5) is 36.5. The van der Waals surface area contributed by atoms with Gasteiger partial charge in [-0.15, -0.1) is 0 Å². The van der Waals surface area contributed by atoms with Crippen molar-refractivity contribution >= 4 is 17.9 Å². The molecule has 0 N–H and O–H groups in total. The van der Waals surface area contributed by atoms with Gasteiger partial charge < -0.3 is 14.2 Å². The molecule has 2 aliphatic heterocycles. The second kappa shape index (κ2) is 8.40. The lowest BCUT2D eigenvalue weighted by atomic mass is 9.52. The van der Waals surface area contributed by atoms with Crippen molar-refractivity contribution in [2.75, 3.05) is 13.7 Å². The summed E-state index contributed by atoms with van der Waals surface area (Å²) in [6.45, 7) is 7.26. The molecule has 174 valence electrons. The summed E-state index contributed by atoms with van der Waals surface area (Å²) < 4.78 is 16.5. The van der Waals surface area contributed by atoms with Crippen LogP contribution >= 0.6 is 0 Å². The van der Waals surface area contributed by atoms with E-state index in [0.29, 0.717) is 43.6 Å². The van der Waals surface area contributed by atoms with Crippen LogP contribution in [0.4, 0.5) is 0 Å². The molecule has 0 aromatic rings. The highest BCUT2D eigenvalue weighted by atomic mass is 16.5. The van der Waals surface area contributed by atoms with Gasteiger partial charge in [-0.3, -0.25) is 14.4 Å². The Morgan fingerprint density at radius 1 is 1.10 bits per heavy atom. The summed E-state index contributed by atoms with van der Waals surface area (Å²) in [5.41, 5.74) is 0.00311. The van der Waals surface area contributed by atoms with E-state index in [0.717, 1.165) is 38.5 Å². The van der Waals surface area contributed by atoms with Crippen molar-refractivity contribution in [3.63, 3.8) is 0 Å². The zero-order valence-corrected chi connectivity index (χ0v) is 19.5. The molecule has 2 aliphatic carbocycles. The fraction of sp³-hybridized carbons (Fsp3) is 0.880. The van der Waals surface area contributed by atoms with Crippen molar-refractivity contribution < 1.29 is 28.6 Å². The van der Waals surface area contributed by atoms with E-state index in [9.17, 15) is 14.4 Å². The van der Waals surface area contributed by atoms with E-state index in [2.05, 4.69) is 20.8 Å². The standard InChI is InChI=1S/C25H38O6/c1-15(5-8-20(26)29-4)17-6-7-18-23-19(9-11-25(17,18)3)24(2)12-10-21(27)30-14-16(24)13-22(28)31-23/h15-19,23H,5-14H2,1-4H3/t15-,16-,17-,18+,19+,23+,24+,25-/m1/s1. The first-order valence-corrected chi connectivity index (χ1v) is 12.1. The monoisotopic (exact) mass is 434 g/mol. The fourth-order valence-electron chi connectivity index (χ4n) is 7.78. The lowest BCUT2D eigenvalue weighted by molar-refractivity contribution is -0.165. The molecule has 2 heterocycles. The van der Waals surface area contributed by atoms with Crippen LogP contribution in [-0.4, -0.2) is 37.7 Å². The van der Waals surface area contributed by atoms with E-state index in [4.69, 9.17) is 14.2 Å². The van der Waals surface area contributed by atoms with E-state index in [1.807, 2.05) is 0 Å². The Balaban J connectivity index is 1.57. The number of fused-ring (bicyclic) bond motifs is 5. The Hall–Kier alpha value is -1.59. The van der Waals surface area contributed by atoms with Crippen molar-refractivity contribution in [2.45, 2.75) is 84.7 Å². The Morgan fingerprint density at radius 2 is 1.84 bits per heavy atom. The molecule has 0 spiro atoms. The van der Waals surface area contributed by atoms with E-state index in [-0.39, 0.29) is 46.7 Å². The number of cyclic esters (lactones) is 1. The van der Waals surface area contributed by atoms with Gasteiger partial charge in [0.05, 0.1) is 20.1 Å². The minimum Gasteiger partial charge on any atom is -0.469 e. The third kappa shape index (κ3) is 3.89. The van der Waals surface area contributed by atoms with Gasteiger partial charge in [0.1, 0.15) is 6.10 Å². The molecule has 31 heavy (non-hydrogen) atoms. The molecule has 6 nitrogen and oxygen atoms in total.